The van der Waals surface area contributed by atoms with Crippen molar-refractivity contribution in [2.75, 3.05) is 13.1 Å². The molecule has 1 fully saturated rings. The monoisotopic (exact) mass is 256 g/mol. The lowest BCUT2D eigenvalue weighted by Gasteiger charge is -2.39. The molecule has 0 radical (unpaired) electrons. The molecule has 1 heterocycles. The molecule has 0 bridgehead atoms. The number of benzene rings is 1. The van der Waals surface area contributed by atoms with Crippen LogP contribution in [0.1, 0.15) is 19.4 Å². The third-order valence-corrected chi connectivity index (χ3v) is 3.67. The third-order valence-electron chi connectivity index (χ3n) is 3.36. The Morgan fingerprint density at radius 2 is 2.00 bits per heavy atom. The van der Waals surface area contributed by atoms with Crippen molar-refractivity contribution in [1.29, 1.82) is 0 Å². The quantitative estimate of drug-likeness (QED) is 0.875. The number of halogens is 2. The van der Waals surface area contributed by atoms with Crippen molar-refractivity contribution in [3.05, 3.63) is 34.6 Å². The van der Waals surface area contributed by atoms with E-state index < -0.39 is 0 Å². The first kappa shape index (κ1) is 12.8. The van der Waals surface area contributed by atoms with Crippen LogP contribution in [0.15, 0.2) is 18.2 Å². The molecule has 2 unspecified atom stereocenters. The van der Waals surface area contributed by atoms with E-state index in [0.717, 1.165) is 25.2 Å². The van der Waals surface area contributed by atoms with Crippen molar-refractivity contribution >= 4 is 11.6 Å². The highest BCUT2D eigenvalue weighted by atomic mass is 35.5. The van der Waals surface area contributed by atoms with E-state index in [1.54, 1.807) is 6.07 Å². The Bertz CT molecular complexity index is 387. The van der Waals surface area contributed by atoms with Gasteiger partial charge in [0, 0.05) is 31.7 Å². The van der Waals surface area contributed by atoms with Gasteiger partial charge in [-0.3, -0.25) is 4.90 Å². The molecule has 2 rings (SSSR count). The van der Waals surface area contributed by atoms with E-state index in [9.17, 15) is 4.39 Å². The van der Waals surface area contributed by atoms with Crippen LogP contribution in [0.5, 0.6) is 0 Å². The maximum absolute atomic E-state index is 13.4. The van der Waals surface area contributed by atoms with Crippen LogP contribution in [0.2, 0.25) is 5.02 Å². The lowest BCUT2D eigenvalue weighted by Crippen LogP contribution is -2.54. The van der Waals surface area contributed by atoms with Gasteiger partial charge in [-0.05, 0) is 31.5 Å². The SMILES string of the molecule is CC1CNCC(C)N1Cc1ccc(Cl)c(F)c1. The zero-order valence-electron chi connectivity index (χ0n) is 10.2. The van der Waals surface area contributed by atoms with Crippen LogP contribution in [-0.2, 0) is 6.54 Å². The van der Waals surface area contributed by atoms with Crippen molar-refractivity contribution in [3.63, 3.8) is 0 Å². The summed E-state index contributed by atoms with van der Waals surface area (Å²) < 4.78 is 13.4. The van der Waals surface area contributed by atoms with E-state index in [2.05, 4.69) is 24.1 Å². The van der Waals surface area contributed by atoms with Crippen LogP contribution in [0.25, 0.3) is 0 Å². The van der Waals surface area contributed by atoms with Crippen molar-refractivity contribution in [3.8, 4) is 0 Å². The lowest BCUT2D eigenvalue weighted by molar-refractivity contribution is 0.108. The van der Waals surface area contributed by atoms with Crippen LogP contribution >= 0.6 is 11.6 Å². The molecule has 0 aromatic heterocycles. The van der Waals surface area contributed by atoms with Crippen molar-refractivity contribution in [2.24, 2.45) is 0 Å². The number of nitrogens with zero attached hydrogens (tertiary/aromatic N) is 1. The molecule has 17 heavy (non-hydrogen) atoms. The number of rotatable bonds is 2. The number of hydrogen-bond donors (Lipinski definition) is 1. The highest BCUT2D eigenvalue weighted by Gasteiger charge is 2.24. The maximum atomic E-state index is 13.4. The Labute approximate surface area is 107 Å². The molecule has 4 heteroatoms. The first-order chi connectivity index (χ1) is 8.08. The molecule has 0 aliphatic carbocycles. The van der Waals surface area contributed by atoms with Crippen LogP contribution < -0.4 is 5.32 Å². The normalized spacial score (nSPS) is 26.1. The second-order valence-electron chi connectivity index (χ2n) is 4.78. The summed E-state index contributed by atoms with van der Waals surface area (Å²) >= 11 is 5.68. The molecule has 1 aromatic carbocycles. The zero-order chi connectivity index (χ0) is 12.4. The molecule has 2 atom stereocenters. The molecular weight excluding hydrogens is 239 g/mol. The molecule has 1 aromatic rings. The molecule has 0 amide bonds. The van der Waals surface area contributed by atoms with Crippen LogP contribution in [-0.4, -0.2) is 30.1 Å². The first-order valence-corrected chi connectivity index (χ1v) is 6.36. The van der Waals surface area contributed by atoms with Crippen molar-refractivity contribution in [1.82, 2.24) is 10.2 Å². The van der Waals surface area contributed by atoms with E-state index in [1.807, 2.05) is 6.07 Å². The van der Waals surface area contributed by atoms with Gasteiger partial charge in [0.2, 0.25) is 0 Å². The largest absolute Gasteiger partial charge is 0.314 e. The summed E-state index contributed by atoms with van der Waals surface area (Å²) in [4.78, 5) is 2.39. The summed E-state index contributed by atoms with van der Waals surface area (Å²) in [5.41, 5.74) is 0.979. The smallest absolute Gasteiger partial charge is 0.142 e. The van der Waals surface area contributed by atoms with E-state index in [4.69, 9.17) is 11.6 Å². The Morgan fingerprint density at radius 3 is 2.59 bits per heavy atom. The average molecular weight is 257 g/mol. The summed E-state index contributed by atoms with van der Waals surface area (Å²) in [5, 5.41) is 3.57. The fourth-order valence-corrected chi connectivity index (χ4v) is 2.45. The van der Waals surface area contributed by atoms with E-state index in [-0.39, 0.29) is 10.8 Å². The van der Waals surface area contributed by atoms with Crippen LogP contribution in [0.3, 0.4) is 0 Å². The molecule has 94 valence electrons. The van der Waals surface area contributed by atoms with Crippen molar-refractivity contribution < 1.29 is 4.39 Å². The van der Waals surface area contributed by atoms with E-state index >= 15 is 0 Å². The minimum absolute atomic E-state index is 0.190. The maximum Gasteiger partial charge on any atom is 0.142 e. The van der Waals surface area contributed by atoms with Gasteiger partial charge in [-0.15, -0.1) is 0 Å². The molecule has 1 N–H and O–H groups in total. The highest BCUT2D eigenvalue weighted by molar-refractivity contribution is 6.30. The second-order valence-corrected chi connectivity index (χ2v) is 5.18. The molecule has 2 nitrogen and oxygen atoms in total. The van der Waals surface area contributed by atoms with Gasteiger partial charge in [-0.2, -0.15) is 0 Å². The molecule has 0 spiro atoms. The molecule has 1 aliphatic heterocycles. The number of nitrogens with one attached hydrogen (secondary N) is 1. The van der Waals surface area contributed by atoms with Gasteiger partial charge in [0.25, 0.3) is 0 Å². The van der Waals surface area contributed by atoms with Gasteiger partial charge in [0.05, 0.1) is 5.02 Å². The van der Waals surface area contributed by atoms with Crippen LogP contribution in [0.4, 0.5) is 4.39 Å². The minimum atomic E-state index is -0.334. The third kappa shape index (κ3) is 2.97. The first-order valence-electron chi connectivity index (χ1n) is 5.98. The van der Waals surface area contributed by atoms with Crippen molar-refractivity contribution in [2.45, 2.75) is 32.5 Å². The van der Waals surface area contributed by atoms with Gasteiger partial charge in [-0.1, -0.05) is 17.7 Å². The standard InChI is InChI=1S/C13H18ClFN2/c1-9-6-16-7-10(2)17(9)8-11-3-4-12(14)13(15)5-11/h3-5,9-10,16H,6-8H2,1-2H3. The van der Waals surface area contributed by atoms with E-state index in [0.29, 0.717) is 12.1 Å². The number of hydrogen-bond acceptors (Lipinski definition) is 2. The van der Waals surface area contributed by atoms with Gasteiger partial charge >= 0.3 is 0 Å². The van der Waals surface area contributed by atoms with Crippen LogP contribution in [0, 0.1) is 5.82 Å². The molecule has 0 saturated carbocycles. The predicted octanol–water partition coefficient (Wildman–Crippen LogP) is 2.66. The highest BCUT2D eigenvalue weighted by Crippen LogP contribution is 2.19. The lowest BCUT2D eigenvalue weighted by atomic mass is 10.1. The Balaban J connectivity index is 2.10. The summed E-state index contributed by atoms with van der Waals surface area (Å²) in [5.74, 6) is -0.334. The van der Waals surface area contributed by atoms with E-state index in [1.165, 1.54) is 6.07 Å². The summed E-state index contributed by atoms with van der Waals surface area (Å²) in [6.45, 7) is 7.13. The summed E-state index contributed by atoms with van der Waals surface area (Å²) in [6, 6.07) is 6.00. The predicted molar refractivity (Wildman–Crippen MR) is 68.7 cm³/mol. The molecule has 1 aliphatic rings. The number of piperazine rings is 1. The molecular formula is C13H18ClFN2. The fourth-order valence-electron chi connectivity index (χ4n) is 2.33. The van der Waals surface area contributed by atoms with Gasteiger partial charge < -0.3 is 5.32 Å². The van der Waals surface area contributed by atoms with Gasteiger partial charge in [0.1, 0.15) is 5.82 Å². The minimum Gasteiger partial charge on any atom is -0.314 e. The zero-order valence-corrected chi connectivity index (χ0v) is 11.0. The topological polar surface area (TPSA) is 15.3 Å². The summed E-state index contributed by atoms with van der Waals surface area (Å²) in [6.07, 6.45) is 0. The second kappa shape index (κ2) is 5.34. The Kier molecular flexibility index (Phi) is 4.02. The van der Waals surface area contributed by atoms with Gasteiger partial charge in [-0.25, -0.2) is 4.39 Å². The Morgan fingerprint density at radius 1 is 1.35 bits per heavy atom. The Hall–Kier alpha value is -0.640. The fraction of sp³-hybridized carbons (Fsp3) is 0.538. The average Bonchev–Trinajstić information content (AvgIpc) is 2.28. The summed E-state index contributed by atoms with van der Waals surface area (Å²) in [7, 11) is 0. The molecule has 1 saturated heterocycles. The van der Waals surface area contributed by atoms with Gasteiger partial charge in [0.15, 0.2) is 0 Å².